The lowest BCUT2D eigenvalue weighted by Crippen LogP contribution is -2.40. The molecule has 2 aliphatic rings. The molecule has 3 rings (SSSR count). The van der Waals surface area contributed by atoms with E-state index in [2.05, 4.69) is 21.7 Å². The molecule has 0 unspecified atom stereocenters. The van der Waals surface area contributed by atoms with Gasteiger partial charge in [0.15, 0.2) is 0 Å². The Morgan fingerprint density at radius 2 is 1.60 bits per heavy atom. The fraction of sp³-hybridized carbons (Fsp3) is 0.789. The van der Waals surface area contributed by atoms with Gasteiger partial charge >= 0.3 is 0 Å². The molecule has 25 heavy (non-hydrogen) atoms. The first-order chi connectivity index (χ1) is 12.2. The number of hydrogen-bond donors (Lipinski definition) is 0. The standard InChI is InChI=1S/C19H32N4O2/c1-15-10-20-19(23-9-5-7-17(12-23)14-25-3)21-18(15)22-8-4-6-16(11-22)13-24-2/h10,16-17H,4-9,11-14H2,1-3H3/t16-,17-/m1/s1. The number of hydrogen-bond acceptors (Lipinski definition) is 6. The molecule has 2 atom stereocenters. The fourth-order valence-electron chi connectivity index (χ4n) is 4.14. The van der Waals surface area contributed by atoms with Gasteiger partial charge < -0.3 is 19.3 Å². The minimum absolute atomic E-state index is 0.577. The summed E-state index contributed by atoms with van der Waals surface area (Å²) in [4.78, 5) is 14.3. The monoisotopic (exact) mass is 348 g/mol. The second kappa shape index (κ2) is 8.81. The third kappa shape index (κ3) is 4.61. The van der Waals surface area contributed by atoms with Gasteiger partial charge in [-0.2, -0.15) is 4.98 Å². The summed E-state index contributed by atoms with van der Waals surface area (Å²) in [6.45, 7) is 7.89. The first-order valence-electron chi connectivity index (χ1n) is 9.52. The Morgan fingerprint density at radius 3 is 2.24 bits per heavy atom. The maximum Gasteiger partial charge on any atom is 0.227 e. The summed E-state index contributed by atoms with van der Waals surface area (Å²) in [5.41, 5.74) is 1.16. The molecule has 0 saturated carbocycles. The van der Waals surface area contributed by atoms with Crippen molar-refractivity contribution in [2.45, 2.75) is 32.6 Å². The van der Waals surface area contributed by atoms with E-state index in [4.69, 9.17) is 14.5 Å². The molecule has 0 N–H and O–H groups in total. The molecule has 0 radical (unpaired) electrons. The maximum atomic E-state index is 5.37. The number of nitrogens with zero attached hydrogens (tertiary/aromatic N) is 4. The fourth-order valence-corrected chi connectivity index (χ4v) is 4.14. The Morgan fingerprint density at radius 1 is 1.00 bits per heavy atom. The summed E-state index contributed by atoms with van der Waals surface area (Å²) in [5, 5.41) is 0. The van der Waals surface area contributed by atoms with E-state index in [1.54, 1.807) is 14.2 Å². The van der Waals surface area contributed by atoms with Crippen molar-refractivity contribution in [3.05, 3.63) is 11.8 Å². The van der Waals surface area contributed by atoms with Crippen LogP contribution in [0.1, 0.15) is 31.2 Å². The summed E-state index contributed by atoms with van der Waals surface area (Å²) in [6, 6.07) is 0. The highest BCUT2D eigenvalue weighted by atomic mass is 16.5. The molecule has 0 bridgehead atoms. The Bertz CT molecular complexity index is 550. The normalized spacial score (nSPS) is 24.6. The molecule has 3 heterocycles. The van der Waals surface area contributed by atoms with Crippen LogP contribution in [0.25, 0.3) is 0 Å². The zero-order chi connectivity index (χ0) is 17.6. The summed E-state index contributed by atoms with van der Waals surface area (Å²) < 4.78 is 10.7. The first kappa shape index (κ1) is 18.4. The largest absolute Gasteiger partial charge is 0.384 e. The lowest BCUT2D eigenvalue weighted by molar-refractivity contribution is 0.142. The predicted molar refractivity (Wildman–Crippen MR) is 100 cm³/mol. The Kier molecular flexibility index (Phi) is 6.48. The minimum atomic E-state index is 0.577. The van der Waals surface area contributed by atoms with Crippen LogP contribution in [0.5, 0.6) is 0 Å². The molecule has 6 nitrogen and oxygen atoms in total. The quantitative estimate of drug-likeness (QED) is 0.787. The van der Waals surface area contributed by atoms with Crippen LogP contribution in [-0.4, -0.2) is 63.6 Å². The molecule has 0 aliphatic carbocycles. The smallest absolute Gasteiger partial charge is 0.227 e. The van der Waals surface area contributed by atoms with E-state index in [9.17, 15) is 0 Å². The SMILES string of the molecule is COC[C@@H]1CCCN(c2ncc(C)c(N3CCC[C@@H](COC)C3)n2)C1. The van der Waals surface area contributed by atoms with Crippen molar-refractivity contribution in [1.29, 1.82) is 0 Å². The van der Waals surface area contributed by atoms with Crippen molar-refractivity contribution < 1.29 is 9.47 Å². The average Bonchev–Trinajstić information content (AvgIpc) is 2.63. The number of aromatic nitrogens is 2. The van der Waals surface area contributed by atoms with Gasteiger partial charge in [-0.3, -0.25) is 0 Å². The van der Waals surface area contributed by atoms with E-state index in [0.29, 0.717) is 11.8 Å². The average molecular weight is 348 g/mol. The zero-order valence-corrected chi connectivity index (χ0v) is 15.9. The van der Waals surface area contributed by atoms with E-state index < -0.39 is 0 Å². The van der Waals surface area contributed by atoms with Gasteiger partial charge in [0, 0.05) is 52.2 Å². The number of aryl methyl sites for hydroxylation is 1. The molecule has 1 aromatic heterocycles. The Hall–Kier alpha value is -1.40. The van der Waals surface area contributed by atoms with Crippen LogP contribution >= 0.6 is 0 Å². The number of anilines is 2. The number of rotatable bonds is 6. The van der Waals surface area contributed by atoms with E-state index in [0.717, 1.165) is 56.7 Å². The molecular weight excluding hydrogens is 316 g/mol. The van der Waals surface area contributed by atoms with E-state index in [-0.39, 0.29) is 0 Å². The van der Waals surface area contributed by atoms with Crippen LogP contribution in [0.3, 0.4) is 0 Å². The van der Waals surface area contributed by atoms with Gasteiger partial charge in [-0.15, -0.1) is 0 Å². The molecular formula is C19H32N4O2. The second-order valence-electron chi connectivity index (χ2n) is 7.50. The van der Waals surface area contributed by atoms with Gasteiger partial charge in [0.25, 0.3) is 0 Å². The molecule has 140 valence electrons. The van der Waals surface area contributed by atoms with Crippen molar-refractivity contribution in [2.24, 2.45) is 11.8 Å². The highest BCUT2D eigenvalue weighted by Gasteiger charge is 2.25. The Labute approximate surface area is 151 Å². The van der Waals surface area contributed by atoms with Crippen molar-refractivity contribution in [3.63, 3.8) is 0 Å². The highest BCUT2D eigenvalue weighted by Crippen LogP contribution is 2.27. The van der Waals surface area contributed by atoms with E-state index >= 15 is 0 Å². The zero-order valence-electron chi connectivity index (χ0n) is 15.9. The summed E-state index contributed by atoms with van der Waals surface area (Å²) >= 11 is 0. The number of ether oxygens (including phenoxy) is 2. The molecule has 1 aromatic rings. The summed E-state index contributed by atoms with van der Waals surface area (Å²) in [5.74, 6) is 3.14. The lowest BCUT2D eigenvalue weighted by Gasteiger charge is -2.36. The lowest BCUT2D eigenvalue weighted by atomic mass is 9.98. The molecule has 2 aliphatic heterocycles. The molecule has 2 fully saturated rings. The molecule has 0 aromatic carbocycles. The Balaban J connectivity index is 1.74. The van der Waals surface area contributed by atoms with E-state index in [1.165, 1.54) is 25.7 Å². The topological polar surface area (TPSA) is 50.7 Å². The van der Waals surface area contributed by atoms with Crippen LogP contribution in [0.15, 0.2) is 6.20 Å². The number of methoxy groups -OCH3 is 2. The van der Waals surface area contributed by atoms with Crippen molar-refractivity contribution >= 4 is 11.8 Å². The van der Waals surface area contributed by atoms with Crippen LogP contribution in [0.2, 0.25) is 0 Å². The van der Waals surface area contributed by atoms with E-state index in [1.807, 2.05) is 6.20 Å². The van der Waals surface area contributed by atoms with Gasteiger partial charge in [0.1, 0.15) is 5.82 Å². The van der Waals surface area contributed by atoms with Crippen molar-refractivity contribution in [1.82, 2.24) is 9.97 Å². The molecule has 0 amide bonds. The van der Waals surface area contributed by atoms with Gasteiger partial charge in [-0.1, -0.05) is 0 Å². The van der Waals surface area contributed by atoms with Gasteiger partial charge in [0.2, 0.25) is 5.95 Å². The van der Waals surface area contributed by atoms with Gasteiger partial charge in [-0.05, 0) is 44.4 Å². The van der Waals surface area contributed by atoms with Crippen LogP contribution < -0.4 is 9.80 Å². The van der Waals surface area contributed by atoms with Crippen LogP contribution in [-0.2, 0) is 9.47 Å². The maximum absolute atomic E-state index is 5.37. The second-order valence-corrected chi connectivity index (χ2v) is 7.50. The predicted octanol–water partition coefficient (Wildman–Crippen LogP) is 2.51. The van der Waals surface area contributed by atoms with Crippen molar-refractivity contribution in [2.75, 3.05) is 63.4 Å². The van der Waals surface area contributed by atoms with Gasteiger partial charge in [-0.25, -0.2) is 4.98 Å². The third-order valence-electron chi connectivity index (χ3n) is 5.36. The first-order valence-corrected chi connectivity index (χ1v) is 9.52. The van der Waals surface area contributed by atoms with Crippen molar-refractivity contribution in [3.8, 4) is 0 Å². The van der Waals surface area contributed by atoms with Crippen LogP contribution in [0, 0.1) is 18.8 Å². The van der Waals surface area contributed by atoms with Gasteiger partial charge in [0.05, 0.1) is 13.2 Å². The van der Waals surface area contributed by atoms with Crippen LogP contribution in [0.4, 0.5) is 11.8 Å². The highest BCUT2D eigenvalue weighted by molar-refractivity contribution is 5.50. The third-order valence-corrected chi connectivity index (χ3v) is 5.36. The summed E-state index contributed by atoms with van der Waals surface area (Å²) in [7, 11) is 3.58. The molecule has 2 saturated heterocycles. The summed E-state index contributed by atoms with van der Waals surface area (Å²) in [6.07, 6.45) is 6.84. The number of piperidine rings is 2. The molecule has 0 spiro atoms. The molecule has 6 heteroatoms. The minimum Gasteiger partial charge on any atom is -0.384 e.